The molecule has 0 radical (unpaired) electrons. The smallest absolute Gasteiger partial charge is 0.326 e. The van der Waals surface area contributed by atoms with E-state index in [1.807, 2.05) is 6.92 Å². The molecule has 1 amide bonds. The Hall–Kier alpha value is -2.44. The molecule has 1 aromatic rings. The molecule has 0 aliphatic rings. The number of carbonyl (C=O) groups is 2. The number of methoxy groups -OCH3 is 2. The van der Waals surface area contributed by atoms with Gasteiger partial charge in [-0.2, -0.15) is 0 Å². The van der Waals surface area contributed by atoms with Crippen LogP contribution in [-0.4, -0.2) is 43.3 Å². The van der Waals surface area contributed by atoms with Gasteiger partial charge in [0, 0.05) is 23.9 Å². The minimum absolute atomic E-state index is 0.375. The van der Waals surface area contributed by atoms with Gasteiger partial charge in [-0.15, -0.1) is 0 Å². The Morgan fingerprint density at radius 1 is 1.17 bits per heavy atom. The third-order valence-corrected chi connectivity index (χ3v) is 3.59. The Kier molecular flexibility index (Phi) is 7.88. The lowest BCUT2D eigenvalue weighted by atomic mass is 10.1. The molecule has 7 heteroatoms. The topological polar surface area (TPSA) is 96.9 Å². The van der Waals surface area contributed by atoms with Crippen LogP contribution in [0.2, 0.25) is 0 Å². The molecule has 2 unspecified atom stereocenters. The molecule has 1 aromatic carbocycles. The highest BCUT2D eigenvalue weighted by atomic mass is 16.5. The maximum atomic E-state index is 12.2. The van der Waals surface area contributed by atoms with Crippen molar-refractivity contribution in [3.63, 3.8) is 0 Å². The maximum Gasteiger partial charge on any atom is 0.326 e. The molecule has 0 saturated heterocycles. The first-order valence-corrected chi connectivity index (χ1v) is 7.94. The Balaban J connectivity index is 2.73. The van der Waals surface area contributed by atoms with E-state index in [1.165, 1.54) is 0 Å². The molecule has 0 fully saturated rings. The van der Waals surface area contributed by atoms with Crippen molar-refractivity contribution in [1.29, 1.82) is 0 Å². The number of unbranched alkanes of at least 4 members (excludes halogenated alkanes) is 1. The number of aliphatic carboxylic acids is 1. The first-order chi connectivity index (χ1) is 11.4. The van der Waals surface area contributed by atoms with Crippen LogP contribution in [0.15, 0.2) is 18.2 Å². The van der Waals surface area contributed by atoms with Crippen LogP contribution >= 0.6 is 0 Å². The summed E-state index contributed by atoms with van der Waals surface area (Å²) in [7, 11) is 3.08. The van der Waals surface area contributed by atoms with Crippen LogP contribution in [0.1, 0.15) is 33.1 Å². The van der Waals surface area contributed by atoms with E-state index in [-0.39, 0.29) is 5.91 Å². The number of hydrogen-bond acceptors (Lipinski definition) is 5. The molecule has 0 spiro atoms. The molecule has 0 aliphatic carbocycles. The minimum Gasteiger partial charge on any atom is -0.497 e. The van der Waals surface area contributed by atoms with Gasteiger partial charge in [-0.25, -0.2) is 4.79 Å². The summed E-state index contributed by atoms with van der Waals surface area (Å²) in [6.45, 7) is 3.64. The van der Waals surface area contributed by atoms with Crippen LogP contribution in [0.5, 0.6) is 11.5 Å². The maximum absolute atomic E-state index is 12.2. The zero-order chi connectivity index (χ0) is 18.1. The predicted molar refractivity (Wildman–Crippen MR) is 91.7 cm³/mol. The van der Waals surface area contributed by atoms with Crippen molar-refractivity contribution in [1.82, 2.24) is 5.32 Å². The Morgan fingerprint density at radius 2 is 1.75 bits per heavy atom. The first kappa shape index (κ1) is 19.6. The minimum atomic E-state index is -1.02. The van der Waals surface area contributed by atoms with Crippen molar-refractivity contribution in [3.05, 3.63) is 18.2 Å². The molecule has 0 aromatic heterocycles. The van der Waals surface area contributed by atoms with Crippen LogP contribution in [0.4, 0.5) is 5.69 Å². The quantitative estimate of drug-likeness (QED) is 0.605. The second kappa shape index (κ2) is 9.64. The van der Waals surface area contributed by atoms with Gasteiger partial charge >= 0.3 is 5.97 Å². The standard InChI is InChI=1S/C17H26N2O5/c1-5-6-7-15(17(21)22)19-16(20)11(2)18-12-8-13(23-3)10-14(9-12)24-4/h8-11,15,18H,5-7H2,1-4H3,(H,19,20)(H,21,22). The van der Waals surface area contributed by atoms with Crippen molar-refractivity contribution < 1.29 is 24.2 Å². The molecule has 2 atom stereocenters. The van der Waals surface area contributed by atoms with Gasteiger partial charge in [-0.1, -0.05) is 19.8 Å². The van der Waals surface area contributed by atoms with E-state index in [0.29, 0.717) is 23.6 Å². The number of carboxylic acids is 1. The Bertz CT molecular complexity index is 540. The largest absolute Gasteiger partial charge is 0.497 e. The number of hydrogen-bond donors (Lipinski definition) is 3. The van der Waals surface area contributed by atoms with Gasteiger partial charge in [0.1, 0.15) is 23.6 Å². The molecule has 24 heavy (non-hydrogen) atoms. The summed E-state index contributed by atoms with van der Waals surface area (Å²) in [6, 6.07) is 3.71. The summed E-state index contributed by atoms with van der Waals surface area (Å²) in [4.78, 5) is 23.5. The first-order valence-electron chi connectivity index (χ1n) is 7.94. The number of carbonyl (C=O) groups excluding carboxylic acids is 1. The highest BCUT2D eigenvalue weighted by Crippen LogP contribution is 2.26. The SMILES string of the molecule is CCCCC(NC(=O)C(C)Nc1cc(OC)cc(OC)c1)C(=O)O. The fourth-order valence-electron chi connectivity index (χ4n) is 2.17. The summed E-state index contributed by atoms with van der Waals surface area (Å²) in [5.41, 5.74) is 0.647. The van der Waals surface area contributed by atoms with Crippen molar-refractivity contribution in [3.8, 4) is 11.5 Å². The number of ether oxygens (including phenoxy) is 2. The molecule has 0 heterocycles. The third-order valence-electron chi connectivity index (χ3n) is 3.59. The molecule has 134 valence electrons. The second-order valence-electron chi connectivity index (χ2n) is 5.51. The van der Waals surface area contributed by atoms with Crippen LogP contribution in [0, 0.1) is 0 Å². The predicted octanol–water partition coefficient (Wildman–Crippen LogP) is 2.26. The average Bonchev–Trinajstić information content (AvgIpc) is 2.57. The van der Waals surface area contributed by atoms with Crippen molar-refractivity contribution in [2.24, 2.45) is 0 Å². The highest BCUT2D eigenvalue weighted by Gasteiger charge is 2.22. The van der Waals surface area contributed by atoms with Crippen molar-refractivity contribution >= 4 is 17.6 Å². The van der Waals surface area contributed by atoms with Gasteiger partial charge in [-0.05, 0) is 13.3 Å². The lowest BCUT2D eigenvalue weighted by Gasteiger charge is -2.20. The normalized spacial score (nSPS) is 12.8. The van der Waals surface area contributed by atoms with E-state index in [1.54, 1.807) is 39.3 Å². The molecular formula is C17H26N2O5. The summed E-state index contributed by atoms with van der Waals surface area (Å²) in [5, 5.41) is 14.8. The van der Waals surface area contributed by atoms with Gasteiger partial charge in [0.05, 0.1) is 14.2 Å². The molecule has 0 saturated carbocycles. The summed E-state index contributed by atoms with van der Waals surface area (Å²) < 4.78 is 10.4. The lowest BCUT2D eigenvalue weighted by molar-refractivity contribution is -0.142. The van der Waals surface area contributed by atoms with E-state index >= 15 is 0 Å². The van der Waals surface area contributed by atoms with Crippen molar-refractivity contribution in [2.45, 2.75) is 45.2 Å². The summed E-state index contributed by atoms with van der Waals surface area (Å²) in [6.07, 6.45) is 2.03. The lowest BCUT2D eigenvalue weighted by Crippen LogP contribution is -2.46. The zero-order valence-corrected chi connectivity index (χ0v) is 14.6. The van der Waals surface area contributed by atoms with Gasteiger partial charge < -0.3 is 25.2 Å². The number of rotatable bonds is 10. The number of anilines is 1. The van der Waals surface area contributed by atoms with Gasteiger partial charge in [0.2, 0.25) is 5.91 Å². The fraction of sp³-hybridized carbons (Fsp3) is 0.529. The Labute approximate surface area is 142 Å². The van der Waals surface area contributed by atoms with E-state index < -0.39 is 18.1 Å². The van der Waals surface area contributed by atoms with Crippen LogP contribution in [-0.2, 0) is 9.59 Å². The molecule has 7 nitrogen and oxygen atoms in total. The van der Waals surface area contributed by atoms with Gasteiger partial charge in [0.15, 0.2) is 0 Å². The van der Waals surface area contributed by atoms with E-state index in [2.05, 4.69) is 10.6 Å². The van der Waals surface area contributed by atoms with E-state index in [4.69, 9.17) is 9.47 Å². The molecular weight excluding hydrogens is 312 g/mol. The monoisotopic (exact) mass is 338 g/mol. The van der Waals surface area contributed by atoms with Crippen LogP contribution in [0.25, 0.3) is 0 Å². The zero-order valence-electron chi connectivity index (χ0n) is 14.6. The summed E-state index contributed by atoms with van der Waals surface area (Å²) >= 11 is 0. The van der Waals surface area contributed by atoms with Gasteiger partial charge in [0.25, 0.3) is 0 Å². The van der Waals surface area contributed by atoms with Gasteiger partial charge in [-0.3, -0.25) is 4.79 Å². The third kappa shape index (κ3) is 5.98. The number of benzene rings is 1. The highest BCUT2D eigenvalue weighted by molar-refractivity contribution is 5.88. The van der Waals surface area contributed by atoms with E-state index in [0.717, 1.165) is 12.8 Å². The van der Waals surface area contributed by atoms with Crippen LogP contribution in [0.3, 0.4) is 0 Å². The molecule has 0 aliphatic heterocycles. The number of amides is 1. The fourth-order valence-corrected chi connectivity index (χ4v) is 2.17. The molecule has 3 N–H and O–H groups in total. The number of nitrogens with one attached hydrogen (secondary N) is 2. The van der Waals surface area contributed by atoms with Crippen LogP contribution < -0.4 is 20.1 Å². The summed E-state index contributed by atoms with van der Waals surface area (Å²) in [5.74, 6) is -0.209. The number of carboxylic acid groups (broad SMARTS) is 1. The van der Waals surface area contributed by atoms with E-state index in [9.17, 15) is 14.7 Å². The molecule has 0 bridgehead atoms. The average molecular weight is 338 g/mol. The molecule has 1 rings (SSSR count). The van der Waals surface area contributed by atoms with Crippen molar-refractivity contribution in [2.75, 3.05) is 19.5 Å². The Morgan fingerprint density at radius 3 is 2.21 bits per heavy atom. The second-order valence-corrected chi connectivity index (χ2v) is 5.51.